The molecule has 162 valence electrons. The van der Waals surface area contributed by atoms with Crippen molar-refractivity contribution in [1.29, 1.82) is 0 Å². The van der Waals surface area contributed by atoms with Crippen LogP contribution in [-0.4, -0.2) is 38.1 Å². The molecule has 1 aliphatic heterocycles. The van der Waals surface area contributed by atoms with Gasteiger partial charge in [-0.15, -0.1) is 0 Å². The monoisotopic (exact) mass is 418 g/mol. The zero-order chi connectivity index (χ0) is 22.0. The Morgan fingerprint density at radius 3 is 2.52 bits per heavy atom. The highest BCUT2D eigenvalue weighted by Gasteiger charge is 2.35. The first kappa shape index (κ1) is 21.1. The molecule has 4 rings (SSSR count). The van der Waals surface area contributed by atoms with E-state index in [0.29, 0.717) is 25.4 Å². The number of phenols is 1. The van der Waals surface area contributed by atoms with Crippen LogP contribution in [0.25, 0.3) is 11.3 Å². The predicted octanol–water partition coefficient (Wildman–Crippen LogP) is 3.76. The van der Waals surface area contributed by atoms with E-state index in [1.54, 1.807) is 12.1 Å². The van der Waals surface area contributed by atoms with Crippen LogP contribution in [0.5, 0.6) is 5.75 Å². The Bertz CT molecular complexity index is 1030. The van der Waals surface area contributed by atoms with Gasteiger partial charge in [0.15, 0.2) is 0 Å². The van der Waals surface area contributed by atoms with Gasteiger partial charge in [-0.2, -0.15) is 0 Å². The molecule has 0 fully saturated rings. The molecule has 0 saturated heterocycles. The van der Waals surface area contributed by atoms with Gasteiger partial charge in [0.05, 0.1) is 17.8 Å². The zero-order valence-corrected chi connectivity index (χ0v) is 18.1. The molecule has 31 heavy (non-hydrogen) atoms. The number of nitrogens with zero attached hydrogens (tertiary/aromatic N) is 3. The standard InChI is InChI=1S/C25H30N4O2/c1-17(2)14-23-24-27-22(19-6-4-3-5-7-19)16-28(24)12-13-29(23)25(31)21(26)15-18-8-10-20(30)11-9-18/h3-11,16-17,21,23,30H,12-15,26H2,1-2H3/t21-,23+/m0/s1. The Hall–Kier alpha value is -3.12. The molecular formula is C25H30N4O2. The molecule has 3 aromatic rings. The summed E-state index contributed by atoms with van der Waals surface area (Å²) < 4.78 is 2.19. The second-order valence-electron chi connectivity index (χ2n) is 8.70. The molecule has 6 nitrogen and oxygen atoms in total. The summed E-state index contributed by atoms with van der Waals surface area (Å²) in [5.41, 5.74) is 9.30. The number of aromatic nitrogens is 2. The minimum absolute atomic E-state index is 0.0470. The van der Waals surface area contributed by atoms with Crippen molar-refractivity contribution in [2.45, 2.75) is 45.3 Å². The number of imidazole rings is 1. The molecule has 1 aliphatic rings. The number of rotatable bonds is 6. The molecular weight excluding hydrogens is 388 g/mol. The minimum Gasteiger partial charge on any atom is -0.508 e. The number of fused-ring (bicyclic) bond motifs is 1. The first-order chi connectivity index (χ1) is 14.9. The number of carbonyl (C=O) groups excluding carboxylic acids is 1. The van der Waals surface area contributed by atoms with Crippen LogP contribution in [0.3, 0.4) is 0 Å². The third-order valence-electron chi connectivity index (χ3n) is 5.82. The molecule has 2 atom stereocenters. The van der Waals surface area contributed by atoms with Gasteiger partial charge in [0.25, 0.3) is 0 Å². The van der Waals surface area contributed by atoms with Gasteiger partial charge in [-0.25, -0.2) is 4.98 Å². The molecule has 0 bridgehead atoms. The van der Waals surface area contributed by atoms with Crippen LogP contribution in [0.4, 0.5) is 0 Å². The van der Waals surface area contributed by atoms with Crippen molar-refractivity contribution in [1.82, 2.24) is 14.5 Å². The van der Waals surface area contributed by atoms with E-state index in [1.165, 1.54) is 0 Å². The summed E-state index contributed by atoms with van der Waals surface area (Å²) in [6.45, 7) is 5.66. The number of carbonyl (C=O) groups is 1. The van der Waals surface area contributed by atoms with E-state index >= 15 is 0 Å². The molecule has 0 unspecified atom stereocenters. The summed E-state index contributed by atoms with van der Waals surface area (Å²) >= 11 is 0. The van der Waals surface area contributed by atoms with E-state index in [-0.39, 0.29) is 17.7 Å². The molecule has 2 heterocycles. The predicted molar refractivity (Wildman–Crippen MR) is 121 cm³/mol. The SMILES string of the molecule is CC(C)C[C@@H]1c2nc(-c3ccccc3)cn2CCN1C(=O)[C@@H](N)Cc1ccc(O)cc1. The van der Waals surface area contributed by atoms with Crippen LogP contribution in [0.15, 0.2) is 60.8 Å². The van der Waals surface area contributed by atoms with Crippen molar-refractivity contribution in [2.24, 2.45) is 11.7 Å². The molecule has 1 amide bonds. The highest BCUT2D eigenvalue weighted by molar-refractivity contribution is 5.82. The Morgan fingerprint density at radius 2 is 1.84 bits per heavy atom. The summed E-state index contributed by atoms with van der Waals surface area (Å²) in [6.07, 6.45) is 3.37. The van der Waals surface area contributed by atoms with Gasteiger partial charge in [-0.3, -0.25) is 4.79 Å². The Labute approximate surface area is 183 Å². The summed E-state index contributed by atoms with van der Waals surface area (Å²) in [5, 5.41) is 9.48. The minimum atomic E-state index is -0.630. The number of benzene rings is 2. The van der Waals surface area contributed by atoms with Gasteiger partial charge < -0.3 is 20.3 Å². The van der Waals surface area contributed by atoms with Crippen molar-refractivity contribution in [3.05, 3.63) is 72.2 Å². The second kappa shape index (κ2) is 8.94. The van der Waals surface area contributed by atoms with Gasteiger partial charge in [0.1, 0.15) is 11.6 Å². The molecule has 3 N–H and O–H groups in total. The van der Waals surface area contributed by atoms with Crippen LogP contribution >= 0.6 is 0 Å². The van der Waals surface area contributed by atoms with Gasteiger partial charge in [0, 0.05) is 24.8 Å². The van der Waals surface area contributed by atoms with Crippen LogP contribution in [0, 0.1) is 5.92 Å². The maximum atomic E-state index is 13.4. The van der Waals surface area contributed by atoms with Crippen LogP contribution < -0.4 is 5.73 Å². The number of amides is 1. The Kier molecular flexibility index (Phi) is 6.09. The highest BCUT2D eigenvalue weighted by atomic mass is 16.3. The number of hydrogen-bond donors (Lipinski definition) is 2. The van der Waals surface area contributed by atoms with E-state index in [0.717, 1.165) is 29.1 Å². The average molecular weight is 419 g/mol. The second-order valence-corrected chi connectivity index (χ2v) is 8.70. The van der Waals surface area contributed by atoms with Gasteiger partial charge in [-0.05, 0) is 36.5 Å². The van der Waals surface area contributed by atoms with E-state index in [2.05, 4.69) is 36.7 Å². The lowest BCUT2D eigenvalue weighted by molar-refractivity contribution is -0.136. The lowest BCUT2D eigenvalue weighted by Crippen LogP contribution is -2.50. The topological polar surface area (TPSA) is 84.4 Å². The molecule has 6 heteroatoms. The van der Waals surface area contributed by atoms with E-state index < -0.39 is 6.04 Å². The van der Waals surface area contributed by atoms with Crippen molar-refractivity contribution in [3.8, 4) is 17.0 Å². The fourth-order valence-electron chi connectivity index (χ4n) is 4.26. The molecule has 1 aromatic heterocycles. The summed E-state index contributed by atoms with van der Waals surface area (Å²) in [7, 11) is 0. The van der Waals surface area contributed by atoms with Crippen LogP contribution in [-0.2, 0) is 17.8 Å². The van der Waals surface area contributed by atoms with Gasteiger partial charge in [0.2, 0.25) is 5.91 Å². The Balaban J connectivity index is 1.58. The summed E-state index contributed by atoms with van der Waals surface area (Å²) in [4.78, 5) is 20.2. The first-order valence-electron chi connectivity index (χ1n) is 10.9. The Morgan fingerprint density at radius 1 is 1.13 bits per heavy atom. The first-order valence-corrected chi connectivity index (χ1v) is 10.9. The fourth-order valence-corrected chi connectivity index (χ4v) is 4.26. The third-order valence-corrected chi connectivity index (χ3v) is 5.82. The molecule has 0 aliphatic carbocycles. The number of phenolic OH excluding ortho intramolecular Hbond substituents is 1. The number of hydrogen-bond acceptors (Lipinski definition) is 4. The van der Waals surface area contributed by atoms with Crippen LogP contribution in [0.1, 0.15) is 37.7 Å². The lowest BCUT2D eigenvalue weighted by atomic mass is 9.98. The van der Waals surface area contributed by atoms with Gasteiger partial charge in [-0.1, -0.05) is 56.3 Å². The quantitative estimate of drug-likeness (QED) is 0.638. The average Bonchev–Trinajstić information content (AvgIpc) is 3.20. The summed E-state index contributed by atoms with van der Waals surface area (Å²) in [5.74, 6) is 1.51. The van der Waals surface area contributed by atoms with E-state index in [9.17, 15) is 9.90 Å². The van der Waals surface area contributed by atoms with Crippen LogP contribution in [0.2, 0.25) is 0 Å². The van der Waals surface area contributed by atoms with E-state index in [4.69, 9.17) is 10.7 Å². The van der Waals surface area contributed by atoms with Crippen molar-refractivity contribution < 1.29 is 9.90 Å². The van der Waals surface area contributed by atoms with Crippen molar-refractivity contribution in [3.63, 3.8) is 0 Å². The zero-order valence-electron chi connectivity index (χ0n) is 18.1. The number of aromatic hydroxyl groups is 1. The summed E-state index contributed by atoms with van der Waals surface area (Å²) in [6, 6.07) is 16.3. The van der Waals surface area contributed by atoms with E-state index in [1.807, 2.05) is 35.2 Å². The molecule has 0 saturated carbocycles. The molecule has 0 radical (unpaired) electrons. The molecule has 2 aromatic carbocycles. The number of nitrogens with two attached hydrogens (primary N) is 1. The fraction of sp³-hybridized carbons (Fsp3) is 0.360. The lowest BCUT2D eigenvalue weighted by Gasteiger charge is -2.38. The smallest absolute Gasteiger partial charge is 0.240 e. The van der Waals surface area contributed by atoms with Crippen molar-refractivity contribution >= 4 is 5.91 Å². The van der Waals surface area contributed by atoms with Gasteiger partial charge >= 0.3 is 0 Å². The maximum Gasteiger partial charge on any atom is 0.240 e. The largest absolute Gasteiger partial charge is 0.508 e. The highest BCUT2D eigenvalue weighted by Crippen LogP contribution is 2.33. The van der Waals surface area contributed by atoms with Crippen molar-refractivity contribution in [2.75, 3.05) is 6.54 Å². The normalized spacial score (nSPS) is 16.9. The third kappa shape index (κ3) is 4.64. The maximum absolute atomic E-state index is 13.4. The molecule has 0 spiro atoms.